The molecule has 0 aromatic carbocycles. The quantitative estimate of drug-likeness (QED) is 0.722. The van der Waals surface area contributed by atoms with Gasteiger partial charge in [0.2, 0.25) is 5.88 Å². The zero-order valence-corrected chi connectivity index (χ0v) is 13.0. The van der Waals surface area contributed by atoms with Crippen LogP contribution >= 0.6 is 0 Å². The average Bonchev–Trinajstić information content (AvgIpc) is 3.15. The first kappa shape index (κ1) is 14.4. The number of carbonyl (C=O) groups is 1. The normalized spacial score (nSPS) is 16.4. The lowest BCUT2D eigenvalue weighted by atomic mass is 10.1. The highest BCUT2D eigenvalue weighted by Gasteiger charge is 2.30. The van der Waals surface area contributed by atoms with E-state index >= 15 is 0 Å². The summed E-state index contributed by atoms with van der Waals surface area (Å²) in [7, 11) is 0. The van der Waals surface area contributed by atoms with Crippen molar-refractivity contribution in [3.05, 3.63) is 60.7 Å². The van der Waals surface area contributed by atoms with Crippen molar-refractivity contribution in [1.29, 1.82) is 0 Å². The molecular weight excluding hydrogens is 306 g/mol. The SMILES string of the molecule is C[C@H]1CN(C(=O)c2cccnc2-n2cccn2)c2cccnc2O1. The molecule has 1 atom stereocenters. The van der Waals surface area contributed by atoms with Crippen LogP contribution in [0.5, 0.6) is 5.88 Å². The van der Waals surface area contributed by atoms with Gasteiger partial charge >= 0.3 is 0 Å². The minimum atomic E-state index is -0.155. The molecule has 0 aliphatic carbocycles. The van der Waals surface area contributed by atoms with Gasteiger partial charge < -0.3 is 4.74 Å². The molecule has 4 rings (SSSR count). The number of fused-ring (bicyclic) bond motifs is 1. The standard InChI is InChI=1S/C17H15N5O2/c1-12-11-21(14-6-3-8-19-16(14)24-12)17(23)13-5-2-7-18-15(13)22-10-4-9-20-22/h2-10,12H,11H2,1H3/t12-/m0/s1. The van der Waals surface area contributed by atoms with Crippen molar-refractivity contribution in [1.82, 2.24) is 19.7 Å². The first-order valence-corrected chi connectivity index (χ1v) is 7.62. The van der Waals surface area contributed by atoms with Crippen LogP contribution in [0.15, 0.2) is 55.1 Å². The Morgan fingerprint density at radius 1 is 1.17 bits per heavy atom. The number of ether oxygens (including phenoxy) is 1. The van der Waals surface area contributed by atoms with Gasteiger partial charge in [-0.3, -0.25) is 9.69 Å². The first-order valence-electron chi connectivity index (χ1n) is 7.62. The van der Waals surface area contributed by atoms with Crippen LogP contribution in [0.4, 0.5) is 5.69 Å². The van der Waals surface area contributed by atoms with Gasteiger partial charge in [0.25, 0.3) is 5.91 Å². The third-order valence-electron chi connectivity index (χ3n) is 3.78. The second-order valence-corrected chi connectivity index (χ2v) is 5.50. The summed E-state index contributed by atoms with van der Waals surface area (Å²) < 4.78 is 7.30. The second kappa shape index (κ2) is 5.77. The monoisotopic (exact) mass is 321 g/mol. The van der Waals surface area contributed by atoms with Crippen LogP contribution in [-0.2, 0) is 0 Å². The van der Waals surface area contributed by atoms with Gasteiger partial charge in [0, 0.05) is 24.8 Å². The number of hydrogen-bond donors (Lipinski definition) is 0. The molecule has 0 saturated heterocycles. The lowest BCUT2D eigenvalue weighted by molar-refractivity contribution is 0.0958. The highest BCUT2D eigenvalue weighted by atomic mass is 16.5. The topological polar surface area (TPSA) is 73.1 Å². The summed E-state index contributed by atoms with van der Waals surface area (Å²) in [5.41, 5.74) is 1.14. The maximum atomic E-state index is 13.2. The molecule has 0 fully saturated rings. The average molecular weight is 321 g/mol. The number of pyridine rings is 2. The van der Waals surface area contributed by atoms with Gasteiger partial charge in [0.1, 0.15) is 11.8 Å². The molecule has 3 aromatic heterocycles. The number of carbonyl (C=O) groups excluding carboxylic acids is 1. The summed E-state index contributed by atoms with van der Waals surface area (Å²) in [6.45, 7) is 2.36. The Hall–Kier alpha value is -3.22. The van der Waals surface area contributed by atoms with Crippen molar-refractivity contribution in [2.75, 3.05) is 11.4 Å². The smallest absolute Gasteiger partial charge is 0.262 e. The zero-order chi connectivity index (χ0) is 16.5. The van der Waals surface area contributed by atoms with Crippen LogP contribution in [0.3, 0.4) is 0 Å². The minimum Gasteiger partial charge on any atom is -0.471 e. The van der Waals surface area contributed by atoms with Gasteiger partial charge in [-0.05, 0) is 37.3 Å². The first-order chi connectivity index (χ1) is 11.7. The molecule has 24 heavy (non-hydrogen) atoms. The van der Waals surface area contributed by atoms with Crippen LogP contribution < -0.4 is 9.64 Å². The van der Waals surface area contributed by atoms with Crippen molar-refractivity contribution < 1.29 is 9.53 Å². The molecule has 4 heterocycles. The van der Waals surface area contributed by atoms with Crippen LogP contribution in [-0.4, -0.2) is 38.3 Å². The molecular formula is C17H15N5O2. The Kier molecular flexibility index (Phi) is 3.45. The van der Waals surface area contributed by atoms with Gasteiger partial charge in [-0.25, -0.2) is 14.6 Å². The summed E-state index contributed by atoms with van der Waals surface area (Å²) in [6, 6.07) is 8.90. The minimum absolute atomic E-state index is 0.138. The number of hydrogen-bond acceptors (Lipinski definition) is 5. The third-order valence-corrected chi connectivity index (χ3v) is 3.78. The molecule has 1 amide bonds. The molecule has 7 heteroatoms. The molecule has 0 spiro atoms. The molecule has 0 radical (unpaired) electrons. The number of rotatable bonds is 2. The Labute approximate surface area is 138 Å². The summed E-state index contributed by atoms with van der Waals surface area (Å²) in [5.74, 6) is 0.809. The molecule has 1 aliphatic rings. The number of aromatic nitrogens is 4. The number of nitrogens with zero attached hydrogens (tertiary/aromatic N) is 5. The number of anilines is 1. The summed E-state index contributed by atoms with van der Waals surface area (Å²) in [5, 5.41) is 4.18. The van der Waals surface area contributed by atoms with E-state index in [1.54, 1.807) is 58.6 Å². The molecule has 0 saturated carbocycles. The van der Waals surface area contributed by atoms with Crippen LogP contribution in [0.1, 0.15) is 17.3 Å². The van der Waals surface area contributed by atoms with Crippen molar-refractivity contribution >= 4 is 11.6 Å². The van der Waals surface area contributed by atoms with Gasteiger partial charge in [0.15, 0.2) is 5.82 Å². The van der Waals surface area contributed by atoms with E-state index in [4.69, 9.17) is 4.74 Å². The van der Waals surface area contributed by atoms with E-state index in [9.17, 15) is 4.79 Å². The fourth-order valence-corrected chi connectivity index (χ4v) is 2.74. The summed E-state index contributed by atoms with van der Waals surface area (Å²) in [6.07, 6.45) is 6.57. The van der Waals surface area contributed by atoms with E-state index in [0.717, 1.165) is 0 Å². The Morgan fingerprint density at radius 2 is 2.00 bits per heavy atom. The molecule has 7 nitrogen and oxygen atoms in total. The highest BCUT2D eigenvalue weighted by molar-refractivity contribution is 6.08. The zero-order valence-electron chi connectivity index (χ0n) is 13.0. The third kappa shape index (κ3) is 2.40. The van der Waals surface area contributed by atoms with E-state index in [1.165, 1.54) is 0 Å². The van der Waals surface area contributed by atoms with Crippen molar-refractivity contribution in [2.45, 2.75) is 13.0 Å². The predicted octanol–water partition coefficient (Wildman–Crippen LogP) is 2.09. The molecule has 120 valence electrons. The molecule has 3 aromatic rings. The van der Waals surface area contributed by atoms with E-state index in [1.807, 2.05) is 13.0 Å². The van der Waals surface area contributed by atoms with Gasteiger partial charge in [-0.2, -0.15) is 5.10 Å². The van der Waals surface area contributed by atoms with Gasteiger partial charge in [-0.1, -0.05) is 0 Å². The van der Waals surface area contributed by atoms with Crippen molar-refractivity contribution in [3.63, 3.8) is 0 Å². The lowest BCUT2D eigenvalue weighted by Gasteiger charge is -2.32. The highest BCUT2D eigenvalue weighted by Crippen LogP contribution is 2.32. The van der Waals surface area contributed by atoms with E-state index in [0.29, 0.717) is 29.5 Å². The van der Waals surface area contributed by atoms with E-state index in [-0.39, 0.29) is 12.0 Å². The van der Waals surface area contributed by atoms with Crippen molar-refractivity contribution in [3.8, 4) is 11.7 Å². The Balaban J connectivity index is 1.78. The maximum absolute atomic E-state index is 13.2. The number of amides is 1. The van der Waals surface area contributed by atoms with Crippen molar-refractivity contribution in [2.24, 2.45) is 0 Å². The largest absolute Gasteiger partial charge is 0.471 e. The van der Waals surface area contributed by atoms with E-state index < -0.39 is 0 Å². The summed E-state index contributed by atoms with van der Waals surface area (Å²) in [4.78, 5) is 23.4. The van der Waals surface area contributed by atoms with Crippen LogP contribution in [0.2, 0.25) is 0 Å². The van der Waals surface area contributed by atoms with E-state index in [2.05, 4.69) is 15.1 Å². The molecule has 1 aliphatic heterocycles. The lowest BCUT2D eigenvalue weighted by Crippen LogP contribution is -2.43. The Morgan fingerprint density at radius 3 is 2.83 bits per heavy atom. The van der Waals surface area contributed by atoms with Gasteiger partial charge in [-0.15, -0.1) is 0 Å². The molecule has 0 bridgehead atoms. The molecule has 0 unspecified atom stereocenters. The fourth-order valence-electron chi connectivity index (χ4n) is 2.74. The van der Waals surface area contributed by atoms with Gasteiger partial charge in [0.05, 0.1) is 12.1 Å². The second-order valence-electron chi connectivity index (χ2n) is 5.50. The Bertz CT molecular complexity index is 878. The maximum Gasteiger partial charge on any atom is 0.262 e. The molecule has 0 N–H and O–H groups in total. The summed E-state index contributed by atoms with van der Waals surface area (Å²) >= 11 is 0. The van der Waals surface area contributed by atoms with Crippen LogP contribution in [0.25, 0.3) is 5.82 Å². The van der Waals surface area contributed by atoms with Crippen LogP contribution in [0, 0.1) is 0 Å². The predicted molar refractivity (Wildman–Crippen MR) is 87.4 cm³/mol. The fraction of sp³-hybridized carbons (Fsp3) is 0.176.